The second-order valence-corrected chi connectivity index (χ2v) is 14.4. The number of benzene rings is 7. The molecule has 0 atom stereocenters. The second-order valence-electron chi connectivity index (χ2n) is 14.4. The van der Waals surface area contributed by atoms with Gasteiger partial charge in [-0.15, -0.1) is 0 Å². The van der Waals surface area contributed by atoms with Crippen molar-refractivity contribution in [2.75, 3.05) is 0 Å². The van der Waals surface area contributed by atoms with Crippen LogP contribution in [0.3, 0.4) is 0 Å². The minimum absolute atomic E-state index is 0.240. The number of rotatable bonds is 4. The Kier molecular flexibility index (Phi) is 6.49. The van der Waals surface area contributed by atoms with Crippen molar-refractivity contribution in [1.29, 1.82) is 0 Å². The molecule has 0 aliphatic carbocycles. The fourth-order valence-electron chi connectivity index (χ4n) is 8.25. The summed E-state index contributed by atoms with van der Waals surface area (Å²) in [6.07, 6.45) is 0. The smallest absolute Gasteiger partial charge is 0.167 e. The van der Waals surface area contributed by atoms with Crippen LogP contribution in [0.1, 0.15) is 25.0 Å². The lowest BCUT2D eigenvalue weighted by molar-refractivity contribution is 0.421. The summed E-state index contributed by atoms with van der Waals surface area (Å²) in [5, 5.41) is 4.32. The first-order valence-electron chi connectivity index (χ1n) is 18.2. The molecule has 0 amide bonds. The zero-order valence-corrected chi connectivity index (χ0v) is 29.6. The molecule has 3 aromatic heterocycles. The molecule has 11 rings (SSSR count). The van der Waals surface area contributed by atoms with Gasteiger partial charge >= 0.3 is 0 Å². The molecule has 0 fully saturated rings. The van der Waals surface area contributed by atoms with Crippen LogP contribution in [-0.4, -0.2) is 19.5 Å². The Morgan fingerprint density at radius 3 is 1.96 bits per heavy atom. The number of ether oxygens (including phenoxy) is 1. The van der Waals surface area contributed by atoms with Crippen LogP contribution in [-0.2, 0) is 5.41 Å². The third-order valence-electron chi connectivity index (χ3n) is 10.9. The average molecular weight is 697 g/mol. The Hall–Kier alpha value is -7.05. The zero-order valence-electron chi connectivity index (χ0n) is 29.6. The molecule has 10 aromatic rings. The minimum atomic E-state index is -0.240. The van der Waals surface area contributed by atoms with Crippen molar-refractivity contribution in [3.05, 3.63) is 169 Å². The highest BCUT2D eigenvalue weighted by atomic mass is 16.5. The van der Waals surface area contributed by atoms with Crippen LogP contribution in [0.4, 0.5) is 0 Å². The maximum absolute atomic E-state index is 6.85. The topological polar surface area (TPSA) is 66.0 Å². The van der Waals surface area contributed by atoms with E-state index >= 15 is 0 Å². The molecular formula is C48H32N4O2. The third kappa shape index (κ3) is 4.50. The summed E-state index contributed by atoms with van der Waals surface area (Å²) >= 11 is 0. The van der Waals surface area contributed by atoms with Crippen molar-refractivity contribution < 1.29 is 9.15 Å². The van der Waals surface area contributed by atoms with Crippen molar-refractivity contribution in [3.8, 4) is 51.3 Å². The largest absolute Gasteiger partial charge is 0.455 e. The summed E-state index contributed by atoms with van der Waals surface area (Å²) in [6, 6.07) is 54.2. The summed E-state index contributed by atoms with van der Waals surface area (Å²) in [6.45, 7) is 4.57. The van der Waals surface area contributed by atoms with Crippen molar-refractivity contribution in [2.24, 2.45) is 0 Å². The van der Waals surface area contributed by atoms with Gasteiger partial charge in [0.1, 0.15) is 16.9 Å². The summed E-state index contributed by atoms with van der Waals surface area (Å²) in [5.74, 6) is 3.56. The zero-order chi connectivity index (χ0) is 36.0. The summed E-state index contributed by atoms with van der Waals surface area (Å²) < 4.78 is 15.9. The number of hydrogen-bond acceptors (Lipinski definition) is 5. The fraction of sp³-hybridized carbons (Fsp3) is 0.0625. The molecule has 0 spiro atoms. The van der Waals surface area contributed by atoms with Gasteiger partial charge in [0.15, 0.2) is 23.2 Å². The number of para-hydroxylation sites is 3. The Morgan fingerprint density at radius 2 is 1.19 bits per heavy atom. The minimum Gasteiger partial charge on any atom is -0.455 e. The van der Waals surface area contributed by atoms with Gasteiger partial charge in [-0.1, -0.05) is 135 Å². The highest BCUT2D eigenvalue weighted by Gasteiger charge is 2.36. The standard InChI is InChI=1S/C48H32N4O2/c1-48(2)37-21-10-12-23-41(37)54-44-38(48)26-25-33-32-18-9-11-22-39(32)52(42(33)44)31-24-27-40-36(28-31)34-19-13-20-35(43(34)53-40)47-50-45(29-14-5-3-6-15-29)49-46(51-47)30-16-7-4-8-17-30/h3-28H,1-2H3. The van der Waals surface area contributed by atoms with Gasteiger partial charge < -0.3 is 13.7 Å². The van der Waals surface area contributed by atoms with Gasteiger partial charge in [-0.25, -0.2) is 15.0 Å². The summed E-state index contributed by atoms with van der Waals surface area (Å²) in [5.41, 5.74) is 9.47. The quantitative estimate of drug-likeness (QED) is 0.183. The number of aromatic nitrogens is 4. The molecule has 0 radical (unpaired) electrons. The normalized spacial score (nSPS) is 13.3. The predicted octanol–water partition coefficient (Wildman–Crippen LogP) is 12.3. The summed E-state index contributed by atoms with van der Waals surface area (Å²) in [7, 11) is 0. The molecule has 1 aliphatic heterocycles. The maximum atomic E-state index is 6.85. The van der Waals surface area contributed by atoms with Crippen LogP contribution < -0.4 is 4.74 Å². The monoisotopic (exact) mass is 696 g/mol. The Morgan fingerprint density at radius 1 is 0.519 bits per heavy atom. The molecule has 256 valence electrons. The SMILES string of the molecule is CC1(C)c2ccccc2Oc2c1ccc1c3ccccc3n(-c3ccc4oc5c(-c6nc(-c7ccccc7)nc(-c7ccccc7)n6)cccc5c4c3)c21. The van der Waals surface area contributed by atoms with Gasteiger partial charge in [-0.05, 0) is 36.4 Å². The average Bonchev–Trinajstić information content (AvgIpc) is 3.77. The van der Waals surface area contributed by atoms with E-state index in [1.54, 1.807) is 0 Å². The van der Waals surface area contributed by atoms with Crippen LogP contribution in [0.15, 0.2) is 162 Å². The predicted molar refractivity (Wildman–Crippen MR) is 216 cm³/mol. The van der Waals surface area contributed by atoms with Gasteiger partial charge in [0.25, 0.3) is 0 Å². The Bertz CT molecular complexity index is 3050. The number of nitrogens with zero attached hydrogens (tertiary/aromatic N) is 4. The molecule has 6 nitrogen and oxygen atoms in total. The summed E-state index contributed by atoms with van der Waals surface area (Å²) in [4.78, 5) is 14.9. The molecule has 0 unspecified atom stereocenters. The van der Waals surface area contributed by atoms with Gasteiger partial charge in [-0.3, -0.25) is 0 Å². The van der Waals surface area contributed by atoms with Crippen LogP contribution in [0.5, 0.6) is 11.5 Å². The van der Waals surface area contributed by atoms with Gasteiger partial charge in [0.05, 0.1) is 16.6 Å². The Labute approximate surface area is 311 Å². The molecule has 6 heteroatoms. The van der Waals surface area contributed by atoms with E-state index in [1.807, 2.05) is 72.8 Å². The number of fused-ring (bicyclic) bond motifs is 9. The third-order valence-corrected chi connectivity index (χ3v) is 10.9. The fourth-order valence-corrected chi connectivity index (χ4v) is 8.25. The second kappa shape index (κ2) is 11.5. The van der Waals surface area contributed by atoms with Crippen LogP contribution in [0, 0.1) is 0 Å². The van der Waals surface area contributed by atoms with E-state index < -0.39 is 0 Å². The van der Waals surface area contributed by atoms with E-state index in [9.17, 15) is 0 Å². The van der Waals surface area contributed by atoms with Crippen LogP contribution in [0.25, 0.3) is 83.6 Å². The van der Waals surface area contributed by atoms with Gasteiger partial charge in [-0.2, -0.15) is 0 Å². The molecule has 0 saturated carbocycles. The lowest BCUT2D eigenvalue weighted by Gasteiger charge is -2.35. The first-order valence-corrected chi connectivity index (χ1v) is 18.2. The van der Waals surface area contributed by atoms with E-state index in [0.717, 1.165) is 72.2 Å². The van der Waals surface area contributed by atoms with E-state index in [1.165, 1.54) is 16.5 Å². The van der Waals surface area contributed by atoms with Gasteiger partial charge in [0.2, 0.25) is 0 Å². The Balaban J connectivity index is 1.13. The molecule has 0 bridgehead atoms. The van der Waals surface area contributed by atoms with Gasteiger partial charge in [0, 0.05) is 54.9 Å². The maximum Gasteiger partial charge on any atom is 0.167 e. The van der Waals surface area contributed by atoms with Crippen molar-refractivity contribution in [2.45, 2.75) is 19.3 Å². The molecule has 7 aromatic carbocycles. The van der Waals surface area contributed by atoms with Crippen LogP contribution >= 0.6 is 0 Å². The van der Waals surface area contributed by atoms with E-state index in [2.05, 4.69) is 103 Å². The van der Waals surface area contributed by atoms with E-state index in [0.29, 0.717) is 17.5 Å². The molecule has 4 heterocycles. The molecule has 1 aliphatic rings. The van der Waals surface area contributed by atoms with E-state index in [-0.39, 0.29) is 5.41 Å². The van der Waals surface area contributed by atoms with Crippen molar-refractivity contribution in [1.82, 2.24) is 19.5 Å². The first-order chi connectivity index (χ1) is 26.5. The lowest BCUT2D eigenvalue weighted by atomic mass is 9.75. The number of furan rings is 1. The van der Waals surface area contributed by atoms with Crippen LogP contribution in [0.2, 0.25) is 0 Å². The van der Waals surface area contributed by atoms with Crippen molar-refractivity contribution >= 4 is 43.7 Å². The van der Waals surface area contributed by atoms with E-state index in [4.69, 9.17) is 24.1 Å². The highest BCUT2D eigenvalue weighted by molar-refractivity contribution is 6.13. The molecule has 54 heavy (non-hydrogen) atoms. The first kappa shape index (κ1) is 30.6. The molecular weight excluding hydrogens is 665 g/mol. The number of hydrogen-bond donors (Lipinski definition) is 0. The lowest BCUT2D eigenvalue weighted by Crippen LogP contribution is -2.24. The highest BCUT2D eigenvalue weighted by Crippen LogP contribution is 2.52. The van der Waals surface area contributed by atoms with Crippen molar-refractivity contribution in [3.63, 3.8) is 0 Å². The molecule has 0 saturated heterocycles. The molecule has 0 N–H and O–H groups in total.